The van der Waals surface area contributed by atoms with Gasteiger partial charge in [-0.3, -0.25) is 4.79 Å². The van der Waals surface area contributed by atoms with E-state index in [1.54, 1.807) is 26.0 Å². The van der Waals surface area contributed by atoms with Gasteiger partial charge in [0.05, 0.1) is 0 Å². The highest BCUT2D eigenvalue weighted by Crippen LogP contribution is 2.25. The Morgan fingerprint density at radius 3 is 2.63 bits per heavy atom. The lowest BCUT2D eigenvalue weighted by Gasteiger charge is -2.35. The number of fused-ring (bicyclic) bond motifs is 1. The van der Waals surface area contributed by atoms with Gasteiger partial charge in [0.15, 0.2) is 11.5 Å². The van der Waals surface area contributed by atoms with Gasteiger partial charge in [0.1, 0.15) is 6.54 Å². The van der Waals surface area contributed by atoms with E-state index in [1.165, 1.54) is 4.63 Å². The normalized spacial score (nSPS) is 16.3. The molecule has 1 amide bonds. The molecule has 8 nitrogen and oxygen atoms in total. The average Bonchev–Trinajstić information content (AvgIpc) is 3.07. The van der Waals surface area contributed by atoms with Gasteiger partial charge in [0, 0.05) is 25.6 Å². The molecule has 3 heterocycles. The number of hydrogen-bond acceptors (Lipinski definition) is 6. The summed E-state index contributed by atoms with van der Waals surface area (Å²) in [6.07, 6.45) is -3.42. The third kappa shape index (κ3) is 4.83. The van der Waals surface area contributed by atoms with Crippen LogP contribution in [0.5, 0.6) is 0 Å². The van der Waals surface area contributed by atoms with E-state index >= 15 is 0 Å². The largest absolute Gasteiger partial charge is 0.406 e. The number of tetrazole rings is 1. The molecule has 148 valence electrons. The van der Waals surface area contributed by atoms with Crippen molar-refractivity contribution in [3.63, 3.8) is 0 Å². The summed E-state index contributed by atoms with van der Waals surface area (Å²) in [6.45, 7) is 3.61. The van der Waals surface area contributed by atoms with Gasteiger partial charge in [0.25, 0.3) is 0 Å². The Morgan fingerprint density at radius 2 is 2.00 bits per heavy atom. The maximum Gasteiger partial charge on any atom is 0.406 e. The zero-order chi connectivity index (χ0) is 19.6. The molecule has 11 heteroatoms. The van der Waals surface area contributed by atoms with Crippen LogP contribution >= 0.6 is 0 Å². The van der Waals surface area contributed by atoms with Crippen molar-refractivity contribution in [3.05, 3.63) is 12.1 Å². The van der Waals surface area contributed by atoms with Crippen molar-refractivity contribution in [2.45, 2.75) is 32.9 Å². The smallest absolute Gasteiger partial charge is 0.355 e. The van der Waals surface area contributed by atoms with Crippen LogP contribution in [-0.4, -0.2) is 68.4 Å². The topological polar surface area (TPSA) is 79.5 Å². The fourth-order valence-electron chi connectivity index (χ4n) is 3.31. The number of nitrogens with zero attached hydrogens (tertiary/aromatic N) is 7. The third-order valence-corrected chi connectivity index (χ3v) is 4.49. The molecule has 0 radical (unpaired) electrons. The quantitative estimate of drug-likeness (QED) is 0.781. The summed E-state index contributed by atoms with van der Waals surface area (Å²) in [7, 11) is 0. The molecule has 0 N–H and O–H groups in total. The second kappa shape index (κ2) is 7.65. The molecule has 3 rings (SSSR count). The number of hydrogen-bond donors (Lipinski definition) is 0. The first-order valence-corrected chi connectivity index (χ1v) is 8.89. The lowest BCUT2D eigenvalue weighted by atomic mass is 9.94. The van der Waals surface area contributed by atoms with Crippen molar-refractivity contribution < 1.29 is 18.0 Å². The van der Waals surface area contributed by atoms with E-state index in [9.17, 15) is 18.0 Å². The van der Waals surface area contributed by atoms with E-state index in [2.05, 4.69) is 20.6 Å². The maximum absolute atomic E-state index is 12.8. The molecule has 0 bridgehead atoms. The molecule has 2 aromatic rings. The van der Waals surface area contributed by atoms with Crippen molar-refractivity contribution in [1.82, 2.24) is 30.2 Å². The molecule has 1 aliphatic rings. The second-order valence-electron chi connectivity index (χ2n) is 7.21. The molecule has 0 unspecified atom stereocenters. The van der Waals surface area contributed by atoms with Crippen LogP contribution in [0, 0.1) is 11.8 Å². The minimum atomic E-state index is -4.39. The minimum absolute atomic E-state index is 0.0244. The molecular formula is C16H22F3N7O. The van der Waals surface area contributed by atoms with Gasteiger partial charge in [-0.25, -0.2) is 0 Å². The van der Waals surface area contributed by atoms with Gasteiger partial charge < -0.3 is 9.80 Å². The number of aromatic nitrogens is 5. The number of halogens is 3. The Hall–Kier alpha value is -2.46. The fourth-order valence-corrected chi connectivity index (χ4v) is 3.31. The van der Waals surface area contributed by atoms with Crippen molar-refractivity contribution in [3.8, 4) is 0 Å². The zero-order valence-corrected chi connectivity index (χ0v) is 15.2. The van der Waals surface area contributed by atoms with Gasteiger partial charge in [-0.05, 0) is 41.3 Å². The number of rotatable bonds is 5. The number of alkyl halides is 3. The monoisotopic (exact) mass is 385 g/mol. The first-order valence-electron chi connectivity index (χ1n) is 8.89. The van der Waals surface area contributed by atoms with E-state index in [-0.39, 0.29) is 12.5 Å². The predicted molar refractivity (Wildman–Crippen MR) is 91.0 cm³/mol. The maximum atomic E-state index is 12.8. The third-order valence-electron chi connectivity index (χ3n) is 4.49. The van der Waals surface area contributed by atoms with Crippen LogP contribution in [0.2, 0.25) is 0 Å². The lowest BCUT2D eigenvalue weighted by molar-refractivity contribution is -0.165. The summed E-state index contributed by atoms with van der Waals surface area (Å²) >= 11 is 0. The van der Waals surface area contributed by atoms with Crippen LogP contribution in [0.15, 0.2) is 12.1 Å². The number of carbonyl (C=O) groups excluding carboxylic acids is 1. The molecule has 1 aliphatic heterocycles. The molecule has 1 saturated heterocycles. The lowest BCUT2D eigenvalue weighted by Crippen LogP contribution is -2.47. The number of amides is 1. The Kier molecular flexibility index (Phi) is 5.47. The summed E-state index contributed by atoms with van der Waals surface area (Å²) in [6, 6.07) is 3.54. The van der Waals surface area contributed by atoms with E-state index in [0.717, 1.165) is 4.90 Å². The fraction of sp³-hybridized carbons (Fsp3) is 0.688. The van der Waals surface area contributed by atoms with Crippen molar-refractivity contribution >= 4 is 17.4 Å². The van der Waals surface area contributed by atoms with Gasteiger partial charge in [-0.2, -0.15) is 13.2 Å². The van der Waals surface area contributed by atoms with Crippen LogP contribution in [-0.2, 0) is 4.79 Å². The summed E-state index contributed by atoms with van der Waals surface area (Å²) < 4.78 is 39.8. The SMILES string of the molecule is CC(C)CN(CC(F)(F)F)C(=O)C1CCN(c2ccc3nnnn3n2)CC1. The standard InChI is InChI=1S/C16H22F3N7O/c1-11(2)9-25(10-16(17,18)19)15(27)12-5-7-24(8-6-12)14-4-3-13-20-22-23-26(13)21-14/h3-4,11-12H,5-10H2,1-2H3. The van der Waals surface area contributed by atoms with Gasteiger partial charge >= 0.3 is 6.18 Å². The minimum Gasteiger partial charge on any atom is -0.355 e. The molecule has 1 fully saturated rings. The van der Waals surface area contributed by atoms with E-state index in [0.29, 0.717) is 37.4 Å². The van der Waals surface area contributed by atoms with E-state index in [1.807, 2.05) is 4.90 Å². The first kappa shape index (κ1) is 19.3. The van der Waals surface area contributed by atoms with Crippen LogP contribution < -0.4 is 4.90 Å². The predicted octanol–water partition coefficient (Wildman–Crippen LogP) is 1.78. The van der Waals surface area contributed by atoms with E-state index in [4.69, 9.17) is 0 Å². The highest BCUT2D eigenvalue weighted by molar-refractivity contribution is 5.79. The summed E-state index contributed by atoms with van der Waals surface area (Å²) in [5.74, 6) is -0.165. The molecular weight excluding hydrogens is 363 g/mol. The number of carbonyl (C=O) groups is 1. The zero-order valence-electron chi connectivity index (χ0n) is 15.2. The highest BCUT2D eigenvalue weighted by Gasteiger charge is 2.36. The van der Waals surface area contributed by atoms with Gasteiger partial charge in [-0.15, -0.1) is 14.8 Å². The molecule has 2 aromatic heterocycles. The highest BCUT2D eigenvalue weighted by atomic mass is 19.4. The van der Waals surface area contributed by atoms with Crippen LogP contribution in [0.1, 0.15) is 26.7 Å². The number of piperidine rings is 1. The molecule has 0 saturated carbocycles. The van der Waals surface area contributed by atoms with Crippen molar-refractivity contribution in [1.29, 1.82) is 0 Å². The summed E-state index contributed by atoms with van der Waals surface area (Å²) in [5, 5.41) is 15.4. The molecule has 0 aromatic carbocycles. The van der Waals surface area contributed by atoms with Crippen molar-refractivity contribution in [2.24, 2.45) is 11.8 Å². The van der Waals surface area contributed by atoms with Gasteiger partial charge in [0.2, 0.25) is 5.91 Å². The van der Waals surface area contributed by atoms with E-state index < -0.39 is 24.5 Å². The van der Waals surface area contributed by atoms with Gasteiger partial charge in [-0.1, -0.05) is 13.8 Å². The Balaban J connectivity index is 1.63. The summed E-state index contributed by atoms with van der Waals surface area (Å²) in [5.41, 5.74) is 0.528. The Bertz CT molecular complexity index is 784. The Labute approximate surface area is 154 Å². The molecule has 27 heavy (non-hydrogen) atoms. The van der Waals surface area contributed by atoms with Crippen LogP contribution in [0.25, 0.3) is 5.65 Å². The molecule has 0 aliphatic carbocycles. The number of anilines is 1. The first-order chi connectivity index (χ1) is 12.7. The second-order valence-corrected chi connectivity index (χ2v) is 7.21. The molecule has 0 spiro atoms. The van der Waals surface area contributed by atoms with Crippen molar-refractivity contribution in [2.75, 3.05) is 31.1 Å². The molecule has 0 atom stereocenters. The van der Waals surface area contributed by atoms with Crippen LogP contribution in [0.3, 0.4) is 0 Å². The Morgan fingerprint density at radius 1 is 1.30 bits per heavy atom. The average molecular weight is 385 g/mol. The van der Waals surface area contributed by atoms with Crippen LogP contribution in [0.4, 0.5) is 19.0 Å². The summed E-state index contributed by atoms with van der Waals surface area (Å²) in [4.78, 5) is 15.6.